The van der Waals surface area contributed by atoms with Crippen LogP contribution in [0.1, 0.15) is 10.4 Å². The maximum atomic E-state index is 11.5. The van der Waals surface area contributed by atoms with E-state index >= 15 is 0 Å². The Labute approximate surface area is 96.0 Å². The van der Waals surface area contributed by atoms with Crippen LogP contribution in [0.3, 0.4) is 0 Å². The maximum absolute atomic E-state index is 11.5. The molecule has 0 atom stereocenters. The van der Waals surface area contributed by atoms with Crippen molar-refractivity contribution in [3.8, 4) is 5.75 Å². The molecule has 1 aromatic carbocycles. The molecule has 0 aliphatic carbocycles. The number of benzene rings is 1. The third-order valence-electron chi connectivity index (χ3n) is 1.87. The van der Waals surface area contributed by atoms with E-state index in [-0.39, 0.29) is 11.3 Å². The number of nitrogens with two attached hydrogens (primary N) is 2. The average Bonchev–Trinajstić information content (AvgIpc) is 2.25. The minimum atomic E-state index is -1.86. The molecule has 90 valence electrons. The van der Waals surface area contributed by atoms with Crippen molar-refractivity contribution in [1.82, 2.24) is 0 Å². The number of primary amides is 2. The van der Waals surface area contributed by atoms with Crippen LogP contribution >= 0.6 is 0 Å². The number of carbonyl (C=O) groups is 3. The van der Waals surface area contributed by atoms with Gasteiger partial charge in [0.15, 0.2) is 0 Å². The number of hydrogen-bond donors (Lipinski definition) is 3. The highest BCUT2D eigenvalue weighted by atomic mass is 16.6. The van der Waals surface area contributed by atoms with Gasteiger partial charge in [-0.1, -0.05) is 12.1 Å². The molecule has 0 aliphatic heterocycles. The second-order valence-electron chi connectivity index (χ2n) is 3.11. The zero-order valence-corrected chi connectivity index (χ0v) is 8.62. The molecule has 0 saturated carbocycles. The van der Waals surface area contributed by atoms with E-state index in [1.165, 1.54) is 24.3 Å². The fourth-order valence-electron chi connectivity index (χ4n) is 1.07. The molecule has 7 heteroatoms. The largest absolute Gasteiger partial charge is 0.507 e. The summed E-state index contributed by atoms with van der Waals surface area (Å²) in [6.07, 6.45) is -1.86. The third kappa shape index (κ3) is 2.94. The molecule has 7 nitrogen and oxygen atoms in total. The zero-order valence-electron chi connectivity index (χ0n) is 8.62. The number of para-hydroxylation sites is 1. The Kier molecular flexibility index (Phi) is 3.66. The molecule has 2 amide bonds. The Balaban J connectivity index is 2.89. The summed E-state index contributed by atoms with van der Waals surface area (Å²) in [6.45, 7) is 0. The molecular formula is C10H10N2O5. The van der Waals surface area contributed by atoms with E-state index in [1.807, 2.05) is 0 Å². The van der Waals surface area contributed by atoms with E-state index in [4.69, 9.17) is 11.5 Å². The van der Waals surface area contributed by atoms with Crippen LogP contribution in [0.5, 0.6) is 5.75 Å². The molecule has 5 N–H and O–H groups in total. The third-order valence-corrected chi connectivity index (χ3v) is 1.87. The lowest BCUT2D eigenvalue weighted by molar-refractivity contribution is -0.137. The van der Waals surface area contributed by atoms with Crippen LogP contribution in [0.25, 0.3) is 0 Å². The van der Waals surface area contributed by atoms with Crippen LogP contribution < -0.4 is 11.5 Å². The molecule has 1 aromatic rings. The first kappa shape index (κ1) is 12.5. The number of esters is 1. The number of rotatable bonds is 4. The quantitative estimate of drug-likeness (QED) is 0.451. The fraction of sp³-hybridized carbons (Fsp3) is 0.100. The summed E-state index contributed by atoms with van der Waals surface area (Å²) in [7, 11) is 0. The van der Waals surface area contributed by atoms with Crippen LogP contribution in [-0.4, -0.2) is 29.0 Å². The van der Waals surface area contributed by atoms with Crippen molar-refractivity contribution in [2.45, 2.75) is 6.10 Å². The lowest BCUT2D eigenvalue weighted by Gasteiger charge is -2.11. The Morgan fingerprint density at radius 1 is 1.12 bits per heavy atom. The monoisotopic (exact) mass is 238 g/mol. The van der Waals surface area contributed by atoms with Gasteiger partial charge in [-0.3, -0.25) is 9.59 Å². The molecule has 1 rings (SSSR count). The number of hydrogen-bond acceptors (Lipinski definition) is 5. The molecular weight excluding hydrogens is 228 g/mol. The fourth-order valence-corrected chi connectivity index (χ4v) is 1.07. The summed E-state index contributed by atoms with van der Waals surface area (Å²) < 4.78 is 4.49. The van der Waals surface area contributed by atoms with Gasteiger partial charge in [-0.05, 0) is 12.1 Å². The van der Waals surface area contributed by atoms with Crippen molar-refractivity contribution >= 4 is 17.8 Å². The SMILES string of the molecule is NC(=O)C(OC(=O)c1ccccc1O)C(N)=O. The van der Waals surface area contributed by atoms with Gasteiger partial charge in [0, 0.05) is 0 Å². The average molecular weight is 238 g/mol. The standard InChI is InChI=1S/C10H10N2O5/c11-8(14)7(9(12)15)17-10(16)5-3-1-2-4-6(5)13/h1-4,7,13H,(H2,11,14)(H2,12,15). The Morgan fingerprint density at radius 3 is 2.12 bits per heavy atom. The lowest BCUT2D eigenvalue weighted by atomic mass is 10.2. The van der Waals surface area contributed by atoms with Crippen molar-refractivity contribution in [2.75, 3.05) is 0 Å². The molecule has 0 aliphatic rings. The first-order valence-electron chi connectivity index (χ1n) is 4.51. The van der Waals surface area contributed by atoms with E-state index in [1.54, 1.807) is 0 Å². The van der Waals surface area contributed by atoms with Gasteiger partial charge in [-0.25, -0.2) is 4.79 Å². The number of aromatic hydroxyl groups is 1. The normalized spacial score (nSPS) is 9.94. The summed E-state index contributed by atoms with van der Waals surface area (Å²) in [5, 5.41) is 9.34. The summed E-state index contributed by atoms with van der Waals surface area (Å²) in [5.74, 6) is -3.77. The lowest BCUT2D eigenvalue weighted by Crippen LogP contribution is -2.43. The van der Waals surface area contributed by atoms with Crippen LogP contribution in [0.15, 0.2) is 24.3 Å². The summed E-state index contributed by atoms with van der Waals surface area (Å²) in [5.41, 5.74) is 9.45. The van der Waals surface area contributed by atoms with Gasteiger partial charge in [0.05, 0.1) is 0 Å². The van der Waals surface area contributed by atoms with E-state index in [0.717, 1.165) is 0 Å². The van der Waals surface area contributed by atoms with Gasteiger partial charge in [0.2, 0.25) is 0 Å². The van der Waals surface area contributed by atoms with E-state index in [0.29, 0.717) is 0 Å². The highest BCUT2D eigenvalue weighted by Crippen LogP contribution is 2.17. The van der Waals surface area contributed by atoms with Gasteiger partial charge in [-0.15, -0.1) is 0 Å². The summed E-state index contributed by atoms with van der Waals surface area (Å²) in [4.78, 5) is 33.0. The molecule has 0 unspecified atom stereocenters. The molecule has 0 saturated heterocycles. The smallest absolute Gasteiger partial charge is 0.343 e. The van der Waals surface area contributed by atoms with Gasteiger partial charge < -0.3 is 21.3 Å². The van der Waals surface area contributed by atoms with Crippen molar-refractivity contribution in [3.63, 3.8) is 0 Å². The van der Waals surface area contributed by atoms with Gasteiger partial charge in [-0.2, -0.15) is 0 Å². The minimum Gasteiger partial charge on any atom is -0.507 e. The number of phenols is 1. The highest BCUT2D eigenvalue weighted by molar-refractivity contribution is 6.05. The molecule has 0 bridgehead atoms. The Bertz CT molecular complexity index is 458. The molecule has 0 heterocycles. The summed E-state index contributed by atoms with van der Waals surface area (Å²) >= 11 is 0. The van der Waals surface area contributed by atoms with Crippen LogP contribution in [-0.2, 0) is 14.3 Å². The molecule has 0 radical (unpaired) electrons. The molecule has 0 fully saturated rings. The predicted molar refractivity (Wildman–Crippen MR) is 55.7 cm³/mol. The number of ether oxygens (including phenoxy) is 1. The van der Waals surface area contributed by atoms with E-state index in [9.17, 15) is 19.5 Å². The molecule has 0 aromatic heterocycles. The highest BCUT2D eigenvalue weighted by Gasteiger charge is 2.27. The molecule has 17 heavy (non-hydrogen) atoms. The van der Waals surface area contributed by atoms with Crippen LogP contribution in [0.4, 0.5) is 0 Å². The van der Waals surface area contributed by atoms with Crippen molar-refractivity contribution in [1.29, 1.82) is 0 Å². The number of phenolic OH excluding ortho intramolecular Hbond substituents is 1. The van der Waals surface area contributed by atoms with Crippen LogP contribution in [0, 0.1) is 0 Å². The zero-order chi connectivity index (χ0) is 13.0. The summed E-state index contributed by atoms with van der Waals surface area (Å²) in [6, 6.07) is 5.47. The second-order valence-corrected chi connectivity index (χ2v) is 3.11. The van der Waals surface area contributed by atoms with Gasteiger partial charge >= 0.3 is 5.97 Å². The first-order valence-corrected chi connectivity index (χ1v) is 4.51. The minimum absolute atomic E-state index is 0.194. The number of carbonyl (C=O) groups excluding carboxylic acids is 3. The van der Waals surface area contributed by atoms with Crippen molar-refractivity contribution < 1.29 is 24.2 Å². The van der Waals surface area contributed by atoms with Crippen molar-refractivity contribution in [3.05, 3.63) is 29.8 Å². The Hall–Kier alpha value is -2.57. The van der Waals surface area contributed by atoms with Crippen molar-refractivity contribution in [2.24, 2.45) is 11.5 Å². The van der Waals surface area contributed by atoms with E-state index in [2.05, 4.69) is 4.74 Å². The predicted octanol–water partition coefficient (Wildman–Crippen LogP) is -1.11. The topological polar surface area (TPSA) is 133 Å². The first-order chi connectivity index (χ1) is 7.93. The molecule has 0 spiro atoms. The maximum Gasteiger partial charge on any atom is 0.343 e. The number of amides is 2. The van der Waals surface area contributed by atoms with Crippen LogP contribution in [0.2, 0.25) is 0 Å². The van der Waals surface area contributed by atoms with Gasteiger partial charge in [0.25, 0.3) is 17.9 Å². The van der Waals surface area contributed by atoms with E-state index < -0.39 is 23.9 Å². The Morgan fingerprint density at radius 2 is 1.65 bits per heavy atom. The second kappa shape index (κ2) is 4.97. The van der Waals surface area contributed by atoms with Gasteiger partial charge in [0.1, 0.15) is 11.3 Å².